The zero-order valence-corrected chi connectivity index (χ0v) is 14.2. The maximum atomic E-state index is 11.7. The summed E-state index contributed by atoms with van der Waals surface area (Å²) in [5.74, 6) is 0.454. The van der Waals surface area contributed by atoms with Gasteiger partial charge in [0.15, 0.2) is 12.4 Å². The molecule has 6 nitrogen and oxygen atoms in total. The van der Waals surface area contributed by atoms with Crippen molar-refractivity contribution in [3.63, 3.8) is 0 Å². The Hall–Kier alpha value is -1.90. The summed E-state index contributed by atoms with van der Waals surface area (Å²) in [5, 5.41) is 2.95. The smallest absolute Gasteiger partial charge is 0.332 e. The first-order chi connectivity index (χ1) is 9.49. The third kappa shape index (κ3) is 4.03. The lowest BCUT2D eigenvalue weighted by molar-refractivity contribution is -0.671. The predicted molar refractivity (Wildman–Crippen MR) is 77.2 cm³/mol. The standard InChI is InChI=1S/C14H16N4O2.HI/c1-16-8-5-11(6-9-16)4-7-15-12-10-13(19)18(3)14(20)17(12)2;/h4-10H,1-3H3;1H. The molecule has 0 aliphatic rings. The van der Waals surface area contributed by atoms with Gasteiger partial charge in [0.2, 0.25) is 0 Å². The lowest BCUT2D eigenvalue weighted by Gasteiger charge is -2.08. The second-order valence-corrected chi connectivity index (χ2v) is 4.54. The maximum absolute atomic E-state index is 11.7. The normalized spacial score (nSPS) is 10.4. The molecule has 0 radical (unpaired) electrons. The van der Waals surface area contributed by atoms with E-state index >= 15 is 0 Å². The Labute approximate surface area is 139 Å². The van der Waals surface area contributed by atoms with E-state index in [1.54, 1.807) is 13.2 Å². The van der Waals surface area contributed by atoms with Crippen molar-refractivity contribution in [1.29, 1.82) is 0 Å². The molecule has 0 fully saturated rings. The van der Waals surface area contributed by atoms with E-state index in [1.807, 2.05) is 42.2 Å². The molecule has 7 heteroatoms. The zero-order valence-electron chi connectivity index (χ0n) is 12.1. The maximum Gasteiger partial charge on any atom is 0.332 e. The minimum absolute atomic E-state index is 0. The van der Waals surface area contributed by atoms with Crippen molar-refractivity contribution in [1.82, 2.24) is 9.13 Å². The summed E-state index contributed by atoms with van der Waals surface area (Å²) in [6, 6.07) is 5.30. The highest BCUT2D eigenvalue weighted by Gasteiger charge is 2.03. The Morgan fingerprint density at radius 2 is 1.76 bits per heavy atom. The van der Waals surface area contributed by atoms with E-state index in [0.29, 0.717) is 5.82 Å². The molecule has 0 atom stereocenters. The highest BCUT2D eigenvalue weighted by Crippen LogP contribution is 2.02. The van der Waals surface area contributed by atoms with Gasteiger partial charge in [0.25, 0.3) is 5.56 Å². The van der Waals surface area contributed by atoms with Crippen molar-refractivity contribution in [3.8, 4) is 0 Å². The van der Waals surface area contributed by atoms with Gasteiger partial charge in [0.1, 0.15) is 12.9 Å². The van der Waals surface area contributed by atoms with Crippen LogP contribution in [0, 0.1) is 0 Å². The molecular formula is C14H17IN4O2. The minimum Gasteiger partial charge on any atom is -1.00 e. The number of hydrogen-bond acceptors (Lipinski definition) is 3. The molecule has 0 saturated heterocycles. The Morgan fingerprint density at radius 1 is 1.14 bits per heavy atom. The van der Waals surface area contributed by atoms with Crippen molar-refractivity contribution in [2.75, 3.05) is 5.32 Å². The van der Waals surface area contributed by atoms with Crippen LogP contribution in [-0.4, -0.2) is 9.13 Å². The number of anilines is 1. The summed E-state index contributed by atoms with van der Waals surface area (Å²) >= 11 is 0. The molecule has 0 spiro atoms. The average Bonchev–Trinajstić information content (AvgIpc) is 2.44. The van der Waals surface area contributed by atoms with Gasteiger partial charge >= 0.3 is 5.69 Å². The largest absolute Gasteiger partial charge is 1.00 e. The van der Waals surface area contributed by atoms with E-state index in [2.05, 4.69) is 5.32 Å². The summed E-state index contributed by atoms with van der Waals surface area (Å²) in [5.41, 5.74) is 0.320. The third-order valence-electron chi connectivity index (χ3n) is 3.04. The fourth-order valence-electron chi connectivity index (χ4n) is 1.72. The molecule has 112 valence electrons. The molecule has 1 N–H and O–H groups in total. The fourth-order valence-corrected chi connectivity index (χ4v) is 1.72. The summed E-state index contributed by atoms with van der Waals surface area (Å²) in [4.78, 5) is 23.3. The van der Waals surface area contributed by atoms with Crippen LogP contribution >= 0.6 is 0 Å². The number of hydrogen-bond donors (Lipinski definition) is 1. The van der Waals surface area contributed by atoms with Gasteiger partial charge in [-0.05, 0) is 11.6 Å². The highest BCUT2D eigenvalue weighted by molar-refractivity contribution is 5.52. The summed E-state index contributed by atoms with van der Waals surface area (Å²) < 4.78 is 4.39. The molecule has 2 aromatic heterocycles. The zero-order chi connectivity index (χ0) is 14.7. The number of aryl methyl sites for hydroxylation is 1. The number of nitrogens with one attached hydrogen (secondary N) is 1. The van der Waals surface area contributed by atoms with Crippen molar-refractivity contribution in [2.45, 2.75) is 0 Å². The van der Waals surface area contributed by atoms with Gasteiger partial charge in [0, 0.05) is 38.5 Å². The van der Waals surface area contributed by atoms with Crippen LogP contribution in [-0.2, 0) is 21.1 Å². The van der Waals surface area contributed by atoms with E-state index in [0.717, 1.165) is 10.1 Å². The molecule has 2 rings (SSSR count). The topological polar surface area (TPSA) is 59.9 Å². The van der Waals surface area contributed by atoms with Gasteiger partial charge < -0.3 is 29.3 Å². The van der Waals surface area contributed by atoms with Gasteiger partial charge in [-0.25, -0.2) is 9.36 Å². The minimum atomic E-state index is -0.361. The summed E-state index contributed by atoms with van der Waals surface area (Å²) in [6.07, 6.45) is 7.44. The van der Waals surface area contributed by atoms with Crippen LogP contribution in [0.3, 0.4) is 0 Å². The first-order valence-electron chi connectivity index (χ1n) is 6.14. The van der Waals surface area contributed by atoms with Crippen LogP contribution < -0.4 is 45.1 Å². The van der Waals surface area contributed by atoms with E-state index in [-0.39, 0.29) is 35.2 Å². The van der Waals surface area contributed by atoms with Crippen LogP contribution in [0.4, 0.5) is 5.82 Å². The van der Waals surface area contributed by atoms with Gasteiger partial charge in [-0.3, -0.25) is 13.9 Å². The molecule has 21 heavy (non-hydrogen) atoms. The average molecular weight is 400 g/mol. The fraction of sp³-hybridized carbons (Fsp3) is 0.214. The van der Waals surface area contributed by atoms with E-state index in [9.17, 15) is 9.59 Å². The van der Waals surface area contributed by atoms with Crippen LogP contribution in [0.1, 0.15) is 5.56 Å². The molecule has 0 aliphatic heterocycles. The highest BCUT2D eigenvalue weighted by atomic mass is 127. The SMILES string of the molecule is Cn1c(N/C=C/c2cc[n+](C)cc2)cc(=O)n(C)c1=O.[I-]. The monoisotopic (exact) mass is 400 g/mol. The molecule has 0 saturated carbocycles. The van der Waals surface area contributed by atoms with E-state index in [1.165, 1.54) is 17.7 Å². The van der Waals surface area contributed by atoms with Crippen LogP contribution in [0.2, 0.25) is 0 Å². The number of aromatic nitrogens is 3. The number of nitrogens with zero attached hydrogens (tertiary/aromatic N) is 3. The van der Waals surface area contributed by atoms with Crippen molar-refractivity contribution < 1.29 is 28.5 Å². The molecule has 2 aromatic rings. The van der Waals surface area contributed by atoms with Gasteiger partial charge in [-0.1, -0.05) is 0 Å². The molecule has 2 heterocycles. The van der Waals surface area contributed by atoms with Crippen LogP contribution in [0.5, 0.6) is 0 Å². The Kier molecular flexibility index (Phi) is 5.89. The molecule has 0 bridgehead atoms. The van der Waals surface area contributed by atoms with Crippen molar-refractivity contribution in [3.05, 3.63) is 63.2 Å². The van der Waals surface area contributed by atoms with Gasteiger partial charge in [-0.2, -0.15) is 0 Å². The lowest BCUT2D eigenvalue weighted by Crippen LogP contribution is -3.00. The molecule has 0 aromatic carbocycles. The van der Waals surface area contributed by atoms with Crippen LogP contribution in [0.15, 0.2) is 46.4 Å². The first kappa shape index (κ1) is 17.2. The number of halogens is 1. The third-order valence-corrected chi connectivity index (χ3v) is 3.04. The summed E-state index contributed by atoms with van der Waals surface area (Å²) in [6.45, 7) is 0. The lowest BCUT2D eigenvalue weighted by atomic mass is 10.2. The van der Waals surface area contributed by atoms with Gasteiger partial charge in [-0.15, -0.1) is 0 Å². The Balaban J connectivity index is 0.00000220. The number of rotatable bonds is 3. The predicted octanol–water partition coefficient (Wildman–Crippen LogP) is -3.00. The van der Waals surface area contributed by atoms with Crippen LogP contribution in [0.25, 0.3) is 6.08 Å². The molecule has 0 amide bonds. The van der Waals surface area contributed by atoms with E-state index in [4.69, 9.17) is 0 Å². The van der Waals surface area contributed by atoms with Gasteiger partial charge in [0.05, 0.1) is 0 Å². The second-order valence-electron chi connectivity index (χ2n) is 4.54. The summed E-state index contributed by atoms with van der Waals surface area (Å²) in [7, 11) is 5.01. The van der Waals surface area contributed by atoms with Crippen molar-refractivity contribution >= 4 is 11.9 Å². The Morgan fingerprint density at radius 3 is 2.38 bits per heavy atom. The molecule has 0 unspecified atom stereocenters. The molecular weight excluding hydrogens is 383 g/mol. The number of pyridine rings is 1. The first-order valence-corrected chi connectivity index (χ1v) is 6.14. The van der Waals surface area contributed by atoms with E-state index < -0.39 is 0 Å². The van der Waals surface area contributed by atoms with Crippen molar-refractivity contribution in [2.24, 2.45) is 21.1 Å². The second kappa shape index (κ2) is 7.21. The quantitative estimate of drug-likeness (QED) is 0.442. The molecule has 0 aliphatic carbocycles. The Bertz CT molecular complexity index is 760.